The Kier molecular flexibility index (Phi) is 11.7. The first-order valence-corrected chi connectivity index (χ1v) is 14.1. The van der Waals surface area contributed by atoms with Crippen molar-refractivity contribution in [2.75, 3.05) is 25.4 Å². The molecular formula is C17H33ClN3O4PS2. The van der Waals surface area contributed by atoms with Crippen molar-refractivity contribution in [3.05, 3.63) is 0 Å². The highest BCUT2D eigenvalue weighted by Gasteiger charge is 2.28. The van der Waals surface area contributed by atoms with E-state index in [9.17, 15) is 14.2 Å². The lowest BCUT2D eigenvalue weighted by Crippen LogP contribution is -2.52. The molecule has 164 valence electrons. The Bertz CT molecular complexity index is 541. The maximum Gasteiger partial charge on any atom is 0.407 e. The summed E-state index contributed by atoms with van der Waals surface area (Å²) in [5.41, 5.74) is 0. The standard InChI is InChI=1S/C17H33ClN3O4PS2/c1-12(2)10-25-16(23)20-14(11-27-28-17(3,4)5)15(22)19-13-6-8-21(9-7-13)26(18)24/h12-14,26H,6-11H2,1-5H3,(H,19,22)(H,20,23). The van der Waals surface area contributed by atoms with E-state index in [1.807, 2.05) is 13.8 Å². The number of halogens is 1. The number of rotatable bonds is 9. The minimum atomic E-state index is -2.19. The van der Waals surface area contributed by atoms with E-state index in [0.717, 1.165) is 0 Å². The molecule has 0 aromatic carbocycles. The molecule has 28 heavy (non-hydrogen) atoms. The fourth-order valence-electron chi connectivity index (χ4n) is 2.39. The van der Waals surface area contributed by atoms with E-state index < -0.39 is 19.4 Å². The van der Waals surface area contributed by atoms with Gasteiger partial charge in [0.1, 0.15) is 6.04 Å². The molecule has 2 unspecified atom stereocenters. The molecule has 7 nitrogen and oxygen atoms in total. The molecule has 0 bridgehead atoms. The second-order valence-corrected chi connectivity index (χ2v) is 13.5. The van der Waals surface area contributed by atoms with E-state index >= 15 is 0 Å². The summed E-state index contributed by atoms with van der Waals surface area (Å²) in [6, 6.07) is -0.692. The van der Waals surface area contributed by atoms with Gasteiger partial charge < -0.3 is 15.4 Å². The fourth-order valence-corrected chi connectivity index (χ4v) is 5.97. The number of amides is 2. The maximum absolute atomic E-state index is 12.8. The highest BCUT2D eigenvalue weighted by Crippen LogP contribution is 2.36. The molecule has 0 aromatic rings. The Labute approximate surface area is 181 Å². The molecule has 11 heteroatoms. The number of hydrogen-bond acceptors (Lipinski definition) is 6. The van der Waals surface area contributed by atoms with E-state index in [1.54, 1.807) is 26.3 Å². The van der Waals surface area contributed by atoms with Crippen LogP contribution >= 0.6 is 40.1 Å². The fraction of sp³-hybridized carbons (Fsp3) is 0.882. The van der Waals surface area contributed by atoms with Crippen LogP contribution in [-0.4, -0.2) is 59.0 Å². The molecule has 2 N–H and O–H groups in total. The van der Waals surface area contributed by atoms with Crippen LogP contribution < -0.4 is 10.6 Å². The second kappa shape index (κ2) is 12.6. The summed E-state index contributed by atoms with van der Waals surface area (Å²) in [7, 11) is 1.02. The Morgan fingerprint density at radius 3 is 2.39 bits per heavy atom. The van der Waals surface area contributed by atoms with E-state index in [-0.39, 0.29) is 22.6 Å². The van der Waals surface area contributed by atoms with Crippen molar-refractivity contribution in [2.45, 2.75) is 64.3 Å². The molecule has 0 radical (unpaired) electrons. The van der Waals surface area contributed by atoms with Crippen molar-refractivity contribution in [1.29, 1.82) is 0 Å². The van der Waals surface area contributed by atoms with Gasteiger partial charge in [0.25, 0.3) is 0 Å². The lowest BCUT2D eigenvalue weighted by molar-refractivity contribution is -0.123. The Hall–Kier alpha value is -0.0800. The smallest absolute Gasteiger partial charge is 0.407 e. The van der Waals surface area contributed by atoms with Crippen molar-refractivity contribution in [1.82, 2.24) is 15.3 Å². The monoisotopic (exact) mass is 473 g/mol. The lowest BCUT2D eigenvalue weighted by Gasteiger charge is -2.31. The molecule has 0 aliphatic carbocycles. The highest BCUT2D eigenvalue weighted by molar-refractivity contribution is 8.77. The van der Waals surface area contributed by atoms with Gasteiger partial charge in [0.2, 0.25) is 13.2 Å². The first-order chi connectivity index (χ1) is 13.0. The van der Waals surface area contributed by atoms with Crippen LogP contribution in [0.4, 0.5) is 4.79 Å². The van der Waals surface area contributed by atoms with Crippen LogP contribution in [0.5, 0.6) is 0 Å². The lowest BCUT2D eigenvalue weighted by atomic mass is 10.1. The number of carbonyl (C=O) groups excluding carboxylic acids is 2. The van der Waals surface area contributed by atoms with E-state index in [0.29, 0.717) is 38.3 Å². The largest absolute Gasteiger partial charge is 0.449 e. The van der Waals surface area contributed by atoms with Gasteiger partial charge in [-0.3, -0.25) is 9.36 Å². The number of carbonyl (C=O) groups is 2. The molecule has 1 aliphatic rings. The van der Waals surface area contributed by atoms with Crippen molar-refractivity contribution in [3.63, 3.8) is 0 Å². The van der Waals surface area contributed by atoms with Crippen LogP contribution in [0.1, 0.15) is 47.5 Å². The van der Waals surface area contributed by atoms with E-state index in [4.69, 9.17) is 16.0 Å². The van der Waals surface area contributed by atoms with Gasteiger partial charge in [-0.25, -0.2) is 9.46 Å². The van der Waals surface area contributed by atoms with Gasteiger partial charge >= 0.3 is 6.09 Å². The second-order valence-electron chi connectivity index (χ2n) is 8.19. The molecule has 2 atom stereocenters. The minimum Gasteiger partial charge on any atom is -0.449 e. The van der Waals surface area contributed by atoms with Gasteiger partial charge in [-0.1, -0.05) is 56.2 Å². The van der Waals surface area contributed by atoms with Crippen molar-refractivity contribution in [2.24, 2.45) is 5.92 Å². The third-order valence-electron chi connectivity index (χ3n) is 3.79. The normalized spacial score (nSPS) is 18.5. The van der Waals surface area contributed by atoms with Crippen LogP contribution in [0, 0.1) is 5.92 Å². The number of nitrogens with zero attached hydrogens (tertiary/aromatic N) is 1. The number of hydrogen-bond donors (Lipinski definition) is 2. The van der Waals surface area contributed by atoms with Crippen LogP contribution in [-0.2, 0) is 14.1 Å². The Morgan fingerprint density at radius 2 is 1.89 bits per heavy atom. The Balaban J connectivity index is 2.59. The molecule has 0 spiro atoms. The number of alkyl carbamates (subject to hydrolysis) is 1. The summed E-state index contributed by atoms with van der Waals surface area (Å²) in [4.78, 5) is 24.8. The predicted molar refractivity (Wildman–Crippen MR) is 121 cm³/mol. The summed E-state index contributed by atoms with van der Waals surface area (Å²) >= 11 is 5.68. The van der Waals surface area contributed by atoms with Gasteiger partial charge in [0.15, 0.2) is 0 Å². The average molecular weight is 474 g/mol. The van der Waals surface area contributed by atoms with E-state index in [1.165, 1.54) is 0 Å². The Morgan fingerprint density at radius 1 is 1.29 bits per heavy atom. The molecule has 2 amide bonds. The quantitative estimate of drug-likeness (QED) is 0.384. The van der Waals surface area contributed by atoms with Crippen molar-refractivity contribution in [3.8, 4) is 0 Å². The molecule has 1 rings (SSSR count). The highest BCUT2D eigenvalue weighted by atomic mass is 35.7. The SMILES string of the molecule is CC(C)COC(=O)NC(CSSC(C)(C)C)C(=O)NC1CCN([PH](=O)Cl)CC1. The molecule has 1 aliphatic heterocycles. The zero-order chi connectivity index (χ0) is 21.3. The maximum atomic E-state index is 12.8. The zero-order valence-corrected chi connectivity index (χ0v) is 20.6. The van der Waals surface area contributed by atoms with Crippen LogP contribution in [0.15, 0.2) is 0 Å². The molecular weight excluding hydrogens is 441 g/mol. The summed E-state index contributed by atoms with van der Waals surface area (Å²) in [5, 5.41) is 5.70. The summed E-state index contributed by atoms with van der Waals surface area (Å²) in [6.07, 6.45) is 0.790. The molecule has 1 heterocycles. The van der Waals surface area contributed by atoms with Crippen LogP contribution in [0.2, 0.25) is 0 Å². The van der Waals surface area contributed by atoms with Gasteiger partial charge in [-0.2, -0.15) is 0 Å². The molecule has 1 saturated heterocycles. The van der Waals surface area contributed by atoms with Crippen LogP contribution in [0.3, 0.4) is 0 Å². The summed E-state index contributed by atoms with van der Waals surface area (Å²) in [6.45, 7) is 11.7. The molecule has 0 saturated carbocycles. The summed E-state index contributed by atoms with van der Waals surface area (Å²) < 4.78 is 18.3. The predicted octanol–water partition coefficient (Wildman–Crippen LogP) is 4.13. The first-order valence-electron chi connectivity index (χ1n) is 9.46. The number of piperidine rings is 1. The molecule has 0 aromatic heterocycles. The minimum absolute atomic E-state index is 0.0157. The van der Waals surface area contributed by atoms with Crippen molar-refractivity contribution < 1.29 is 18.9 Å². The zero-order valence-electron chi connectivity index (χ0n) is 17.2. The average Bonchev–Trinajstić information content (AvgIpc) is 2.58. The van der Waals surface area contributed by atoms with Gasteiger partial charge in [-0.15, -0.1) is 0 Å². The van der Waals surface area contributed by atoms with Crippen molar-refractivity contribution >= 4 is 52.1 Å². The van der Waals surface area contributed by atoms with E-state index in [2.05, 4.69) is 31.4 Å². The topological polar surface area (TPSA) is 87.7 Å². The van der Waals surface area contributed by atoms with Crippen LogP contribution in [0.25, 0.3) is 0 Å². The number of nitrogens with one attached hydrogen (secondary N) is 2. The first kappa shape index (κ1) is 26.0. The van der Waals surface area contributed by atoms with Gasteiger partial charge in [0, 0.05) is 29.6 Å². The summed E-state index contributed by atoms with van der Waals surface area (Å²) in [5.74, 6) is 0.447. The number of ether oxygens (including phenoxy) is 1. The third kappa shape index (κ3) is 11.2. The van der Waals surface area contributed by atoms with Gasteiger partial charge in [-0.05, 0) is 30.0 Å². The third-order valence-corrected chi connectivity index (χ3v) is 8.80. The van der Waals surface area contributed by atoms with Gasteiger partial charge in [0.05, 0.1) is 6.61 Å². The molecule has 1 fully saturated rings.